The van der Waals surface area contributed by atoms with Crippen molar-refractivity contribution in [3.05, 3.63) is 30.3 Å². The third-order valence-electron chi connectivity index (χ3n) is 2.13. The Labute approximate surface area is 119 Å². The lowest BCUT2D eigenvalue weighted by molar-refractivity contribution is -0.144. The van der Waals surface area contributed by atoms with Gasteiger partial charge in [-0.25, -0.2) is 4.79 Å². The number of carbonyl (C=O) groups is 1. The predicted molar refractivity (Wildman–Crippen MR) is 70.1 cm³/mol. The smallest absolute Gasteiger partial charge is 0.357 e. The fourth-order valence-corrected chi connectivity index (χ4v) is 1.26. The molecule has 1 unspecified atom stereocenters. The zero-order valence-electron chi connectivity index (χ0n) is 11.1. The van der Waals surface area contributed by atoms with Crippen molar-refractivity contribution in [2.75, 3.05) is 6.61 Å². The number of rotatable bonds is 6. The highest BCUT2D eigenvalue weighted by Crippen LogP contribution is 2.13. The third-order valence-corrected chi connectivity index (χ3v) is 2.13. The van der Waals surface area contributed by atoms with Gasteiger partial charge in [0.15, 0.2) is 0 Å². The van der Waals surface area contributed by atoms with Gasteiger partial charge in [0.25, 0.3) is 6.17 Å². The normalized spacial score (nSPS) is 12.8. The largest absolute Gasteiger partial charge is 0.463 e. The summed E-state index contributed by atoms with van der Waals surface area (Å²) in [6.45, 7) is 1.88. The number of H-pyrrole nitrogens is 1. The summed E-state index contributed by atoms with van der Waals surface area (Å²) in [5, 5.41) is 27.8. The predicted octanol–water partition coefficient (Wildman–Crippen LogP) is 1.96. The van der Waals surface area contributed by atoms with Crippen LogP contribution in [0.2, 0.25) is 0 Å². The maximum atomic E-state index is 11.7. The van der Waals surface area contributed by atoms with Crippen molar-refractivity contribution in [1.29, 1.82) is 0 Å². The molecule has 21 heavy (non-hydrogen) atoms. The number of azo groups is 2. The highest BCUT2D eigenvalue weighted by atomic mass is 16.5. The van der Waals surface area contributed by atoms with Crippen LogP contribution in [0.3, 0.4) is 0 Å². The lowest BCUT2D eigenvalue weighted by atomic mass is 10.3. The standard InChI is InChI=1S/C11H12N8O2/c1-2-21-10(20)9(14-15-11-16-18-19-17-11)13-12-8-6-4-3-5-7-8/h3-7,9H,2H2,1H3,(H,16,17,18,19)/b13-12?,15-14-. The van der Waals surface area contributed by atoms with Crippen LogP contribution in [-0.2, 0) is 9.53 Å². The average Bonchev–Trinajstić information content (AvgIpc) is 3.02. The topological polar surface area (TPSA) is 130 Å². The lowest BCUT2D eigenvalue weighted by Gasteiger charge is -2.03. The Morgan fingerprint density at radius 2 is 2.05 bits per heavy atom. The van der Waals surface area contributed by atoms with Gasteiger partial charge in [-0.2, -0.15) is 10.3 Å². The van der Waals surface area contributed by atoms with Crippen molar-refractivity contribution in [3.8, 4) is 0 Å². The molecule has 0 radical (unpaired) electrons. The molecule has 1 aromatic carbocycles. The van der Waals surface area contributed by atoms with Crippen LogP contribution in [0, 0.1) is 0 Å². The first-order valence-electron chi connectivity index (χ1n) is 6.06. The number of esters is 1. The van der Waals surface area contributed by atoms with Gasteiger partial charge >= 0.3 is 11.9 Å². The first-order chi connectivity index (χ1) is 10.3. The molecule has 10 nitrogen and oxygen atoms in total. The Balaban J connectivity index is 2.12. The molecule has 10 heteroatoms. The van der Waals surface area contributed by atoms with Gasteiger partial charge in [0.1, 0.15) is 0 Å². The van der Waals surface area contributed by atoms with E-state index in [1.807, 2.05) is 6.07 Å². The minimum atomic E-state index is -1.22. The summed E-state index contributed by atoms with van der Waals surface area (Å²) in [6.07, 6.45) is -1.22. The number of benzene rings is 1. The van der Waals surface area contributed by atoms with E-state index in [4.69, 9.17) is 4.74 Å². The van der Waals surface area contributed by atoms with Crippen LogP contribution in [0.15, 0.2) is 50.8 Å². The van der Waals surface area contributed by atoms with Crippen molar-refractivity contribution >= 4 is 17.6 Å². The maximum Gasteiger partial charge on any atom is 0.357 e. The molecule has 0 spiro atoms. The Morgan fingerprint density at radius 3 is 2.71 bits per heavy atom. The number of hydrogen-bond donors (Lipinski definition) is 1. The van der Waals surface area contributed by atoms with Crippen LogP contribution in [0.5, 0.6) is 0 Å². The van der Waals surface area contributed by atoms with Crippen molar-refractivity contribution in [2.45, 2.75) is 13.1 Å². The van der Waals surface area contributed by atoms with Crippen LogP contribution in [0.4, 0.5) is 11.6 Å². The van der Waals surface area contributed by atoms with Crippen molar-refractivity contribution in [1.82, 2.24) is 20.6 Å². The van der Waals surface area contributed by atoms with Gasteiger partial charge in [0, 0.05) is 0 Å². The summed E-state index contributed by atoms with van der Waals surface area (Å²) in [5.41, 5.74) is 0.585. The molecule has 0 fully saturated rings. The Hall–Kier alpha value is -3.04. The fraction of sp³-hybridized carbons (Fsp3) is 0.273. The van der Waals surface area contributed by atoms with E-state index in [9.17, 15) is 4.79 Å². The number of aromatic nitrogens is 4. The van der Waals surface area contributed by atoms with E-state index in [1.165, 1.54) is 0 Å². The molecule has 1 heterocycles. The number of tetrazole rings is 1. The molecule has 2 aromatic rings. The molecule has 0 aliphatic carbocycles. The number of aromatic amines is 1. The summed E-state index contributed by atoms with van der Waals surface area (Å²) in [4.78, 5) is 11.7. The van der Waals surface area contributed by atoms with Gasteiger partial charge in [-0.05, 0) is 24.3 Å². The first-order valence-corrected chi connectivity index (χ1v) is 6.06. The van der Waals surface area contributed by atoms with Crippen molar-refractivity contribution in [3.63, 3.8) is 0 Å². The summed E-state index contributed by atoms with van der Waals surface area (Å²) in [5.74, 6) is -0.677. The molecule has 1 aromatic heterocycles. The van der Waals surface area contributed by atoms with Crippen LogP contribution in [-0.4, -0.2) is 39.4 Å². The number of nitrogens with zero attached hydrogens (tertiary/aromatic N) is 7. The highest BCUT2D eigenvalue weighted by Gasteiger charge is 2.18. The molecule has 0 bridgehead atoms. The van der Waals surface area contributed by atoms with E-state index >= 15 is 0 Å². The Kier molecular flexibility index (Phi) is 5.15. The van der Waals surface area contributed by atoms with Crippen LogP contribution >= 0.6 is 0 Å². The third kappa shape index (κ3) is 4.53. The summed E-state index contributed by atoms with van der Waals surface area (Å²) < 4.78 is 4.85. The average molecular weight is 288 g/mol. The second kappa shape index (κ2) is 7.53. The minimum absolute atomic E-state index is 0.0146. The Bertz CT molecular complexity index is 610. The second-order valence-corrected chi connectivity index (χ2v) is 3.60. The van der Waals surface area contributed by atoms with Crippen molar-refractivity contribution in [2.24, 2.45) is 20.5 Å². The van der Waals surface area contributed by atoms with E-state index in [-0.39, 0.29) is 12.6 Å². The molecular formula is C11H12N8O2. The van der Waals surface area contributed by atoms with Gasteiger partial charge < -0.3 is 4.74 Å². The molecule has 2 rings (SSSR count). The molecule has 108 valence electrons. The van der Waals surface area contributed by atoms with Gasteiger partial charge in [-0.1, -0.05) is 23.3 Å². The maximum absolute atomic E-state index is 11.7. The quantitative estimate of drug-likeness (QED) is 0.641. The lowest BCUT2D eigenvalue weighted by Crippen LogP contribution is -2.18. The second-order valence-electron chi connectivity index (χ2n) is 3.60. The van der Waals surface area contributed by atoms with Crippen LogP contribution < -0.4 is 0 Å². The number of carbonyl (C=O) groups excluding carboxylic acids is 1. The molecule has 0 saturated carbocycles. The number of ether oxygens (including phenoxy) is 1. The zero-order chi connectivity index (χ0) is 14.9. The zero-order valence-corrected chi connectivity index (χ0v) is 11.1. The molecule has 1 atom stereocenters. The highest BCUT2D eigenvalue weighted by molar-refractivity contribution is 5.75. The van der Waals surface area contributed by atoms with E-state index in [2.05, 4.69) is 41.1 Å². The minimum Gasteiger partial charge on any atom is -0.463 e. The molecule has 0 saturated heterocycles. The number of nitrogens with one attached hydrogen (secondary N) is 1. The molecule has 0 aliphatic rings. The van der Waals surface area contributed by atoms with Gasteiger partial charge in [0.2, 0.25) is 0 Å². The summed E-state index contributed by atoms with van der Waals surface area (Å²) in [7, 11) is 0. The molecular weight excluding hydrogens is 276 g/mol. The van der Waals surface area contributed by atoms with E-state index in [0.29, 0.717) is 5.69 Å². The van der Waals surface area contributed by atoms with E-state index < -0.39 is 12.1 Å². The fourth-order valence-electron chi connectivity index (χ4n) is 1.26. The van der Waals surface area contributed by atoms with Crippen molar-refractivity contribution < 1.29 is 9.53 Å². The summed E-state index contributed by atoms with van der Waals surface area (Å²) >= 11 is 0. The van der Waals surface area contributed by atoms with Crippen LogP contribution in [0.1, 0.15) is 6.92 Å². The van der Waals surface area contributed by atoms with Gasteiger partial charge in [-0.15, -0.1) is 20.4 Å². The number of hydrogen-bond acceptors (Lipinski definition) is 9. The van der Waals surface area contributed by atoms with Gasteiger partial charge in [0.05, 0.1) is 12.3 Å². The SMILES string of the molecule is CCOC(=O)C(N=Nc1ccccc1)/N=N\c1nn[nH]n1. The van der Waals surface area contributed by atoms with Gasteiger partial charge in [-0.3, -0.25) is 0 Å². The Morgan fingerprint density at radius 1 is 1.29 bits per heavy atom. The van der Waals surface area contributed by atoms with Crippen LogP contribution in [0.25, 0.3) is 0 Å². The van der Waals surface area contributed by atoms with E-state index in [0.717, 1.165) is 0 Å². The molecule has 1 N–H and O–H groups in total. The summed E-state index contributed by atoms with van der Waals surface area (Å²) in [6, 6.07) is 8.92. The molecule has 0 aliphatic heterocycles. The van der Waals surface area contributed by atoms with E-state index in [1.54, 1.807) is 31.2 Å². The molecule has 0 amide bonds. The monoisotopic (exact) mass is 288 g/mol. The first kappa shape index (κ1) is 14.4.